The van der Waals surface area contributed by atoms with E-state index in [1.807, 2.05) is 6.92 Å². The zero-order chi connectivity index (χ0) is 9.56. The molecule has 0 heterocycles. The molecule has 0 aromatic carbocycles. The Bertz CT molecular complexity index is 197. The molecular formula is C8H14N2O2. The van der Waals surface area contributed by atoms with Gasteiger partial charge < -0.3 is 10.2 Å². The highest BCUT2D eigenvalue weighted by molar-refractivity contribution is 6.34. The monoisotopic (exact) mass is 170 g/mol. The van der Waals surface area contributed by atoms with Crippen LogP contribution in [0.1, 0.15) is 6.92 Å². The van der Waals surface area contributed by atoms with Crippen molar-refractivity contribution in [3.05, 3.63) is 12.2 Å². The summed E-state index contributed by atoms with van der Waals surface area (Å²) < 4.78 is 0. The number of rotatable bonds is 2. The number of nitrogens with zero attached hydrogens (tertiary/aromatic N) is 1. The second kappa shape index (κ2) is 5.35. The summed E-state index contributed by atoms with van der Waals surface area (Å²) in [5.41, 5.74) is 0. The van der Waals surface area contributed by atoms with Crippen LogP contribution in [0.4, 0.5) is 0 Å². The summed E-state index contributed by atoms with van der Waals surface area (Å²) in [6.07, 6.45) is 3.57. The molecule has 0 aromatic heterocycles. The zero-order valence-corrected chi connectivity index (χ0v) is 7.63. The van der Waals surface area contributed by atoms with E-state index in [9.17, 15) is 9.59 Å². The number of carbonyl (C=O) groups excluding carboxylic acids is 2. The van der Waals surface area contributed by atoms with E-state index in [-0.39, 0.29) is 0 Å². The van der Waals surface area contributed by atoms with Gasteiger partial charge in [-0.05, 0) is 6.92 Å². The van der Waals surface area contributed by atoms with Crippen LogP contribution in [0.25, 0.3) is 0 Å². The number of likely N-dealkylation sites (N-methyl/N-ethyl adjacent to an activating group) is 1. The number of carbonyl (C=O) groups is 2. The fourth-order valence-corrected chi connectivity index (χ4v) is 0.548. The topological polar surface area (TPSA) is 49.4 Å². The fourth-order valence-electron chi connectivity index (χ4n) is 0.548. The Balaban J connectivity index is 3.80. The molecule has 2 amide bonds. The standard InChI is InChI=1S/C8H14N2O2/c1-4-5-6-9-7(11)8(12)10(2)3/h4-5H,6H2,1-3H3,(H,9,11)/b5-4+. The second-order valence-electron chi connectivity index (χ2n) is 2.48. The summed E-state index contributed by atoms with van der Waals surface area (Å²) >= 11 is 0. The lowest BCUT2D eigenvalue weighted by atomic mass is 10.4. The average Bonchev–Trinajstić information content (AvgIpc) is 2.03. The van der Waals surface area contributed by atoms with Crippen molar-refractivity contribution in [2.75, 3.05) is 20.6 Å². The Hall–Kier alpha value is -1.32. The maximum Gasteiger partial charge on any atom is 0.311 e. The largest absolute Gasteiger partial charge is 0.344 e. The lowest BCUT2D eigenvalue weighted by Crippen LogP contribution is -2.39. The van der Waals surface area contributed by atoms with Gasteiger partial charge in [-0.3, -0.25) is 9.59 Å². The average molecular weight is 170 g/mol. The van der Waals surface area contributed by atoms with Crippen LogP contribution in [0, 0.1) is 0 Å². The molecule has 68 valence electrons. The number of hydrogen-bond acceptors (Lipinski definition) is 2. The first kappa shape index (κ1) is 10.7. The lowest BCUT2D eigenvalue weighted by Gasteiger charge is -2.08. The molecule has 0 fully saturated rings. The van der Waals surface area contributed by atoms with Gasteiger partial charge in [-0.1, -0.05) is 12.2 Å². The molecule has 0 aromatic rings. The summed E-state index contributed by atoms with van der Waals surface area (Å²) in [7, 11) is 3.08. The maximum absolute atomic E-state index is 10.9. The minimum atomic E-state index is -0.571. The smallest absolute Gasteiger partial charge is 0.311 e. The van der Waals surface area contributed by atoms with Gasteiger partial charge in [0.25, 0.3) is 0 Å². The van der Waals surface area contributed by atoms with Crippen LogP contribution >= 0.6 is 0 Å². The van der Waals surface area contributed by atoms with Gasteiger partial charge in [0, 0.05) is 20.6 Å². The van der Waals surface area contributed by atoms with E-state index < -0.39 is 11.8 Å². The highest BCUT2D eigenvalue weighted by Crippen LogP contribution is 1.78. The van der Waals surface area contributed by atoms with Gasteiger partial charge >= 0.3 is 11.8 Å². The highest BCUT2D eigenvalue weighted by atomic mass is 16.2. The van der Waals surface area contributed by atoms with Gasteiger partial charge in [-0.2, -0.15) is 0 Å². The van der Waals surface area contributed by atoms with Gasteiger partial charge in [0.1, 0.15) is 0 Å². The van der Waals surface area contributed by atoms with Crippen molar-refractivity contribution in [3.63, 3.8) is 0 Å². The Morgan fingerprint density at radius 1 is 1.42 bits per heavy atom. The van der Waals surface area contributed by atoms with Gasteiger partial charge in [-0.15, -0.1) is 0 Å². The summed E-state index contributed by atoms with van der Waals surface area (Å²) in [4.78, 5) is 23.1. The van der Waals surface area contributed by atoms with Crippen molar-refractivity contribution in [1.82, 2.24) is 10.2 Å². The minimum absolute atomic E-state index is 0.398. The van der Waals surface area contributed by atoms with E-state index >= 15 is 0 Å². The van der Waals surface area contributed by atoms with Crippen LogP contribution in [0.15, 0.2) is 12.2 Å². The third-order valence-electron chi connectivity index (χ3n) is 1.22. The summed E-state index contributed by atoms with van der Waals surface area (Å²) in [5, 5.41) is 2.45. The van der Waals surface area contributed by atoms with Crippen molar-refractivity contribution in [2.24, 2.45) is 0 Å². The van der Waals surface area contributed by atoms with Crippen LogP contribution in [-0.4, -0.2) is 37.4 Å². The van der Waals surface area contributed by atoms with E-state index in [2.05, 4.69) is 5.32 Å². The molecule has 12 heavy (non-hydrogen) atoms. The van der Waals surface area contributed by atoms with Crippen molar-refractivity contribution in [1.29, 1.82) is 0 Å². The number of amides is 2. The van der Waals surface area contributed by atoms with Gasteiger partial charge in [0.15, 0.2) is 0 Å². The molecule has 0 spiro atoms. The van der Waals surface area contributed by atoms with E-state index in [1.165, 1.54) is 19.0 Å². The number of hydrogen-bond donors (Lipinski definition) is 1. The Morgan fingerprint density at radius 2 is 2.00 bits per heavy atom. The van der Waals surface area contributed by atoms with E-state index in [0.29, 0.717) is 6.54 Å². The maximum atomic E-state index is 10.9. The van der Waals surface area contributed by atoms with Gasteiger partial charge in [0.05, 0.1) is 0 Å². The number of nitrogens with one attached hydrogen (secondary N) is 1. The molecule has 0 rings (SSSR count). The Kier molecular flexibility index (Phi) is 4.76. The fraction of sp³-hybridized carbons (Fsp3) is 0.500. The summed E-state index contributed by atoms with van der Waals surface area (Å²) in [6, 6.07) is 0. The van der Waals surface area contributed by atoms with Crippen molar-refractivity contribution in [2.45, 2.75) is 6.92 Å². The minimum Gasteiger partial charge on any atom is -0.344 e. The van der Waals surface area contributed by atoms with Crippen LogP contribution in [-0.2, 0) is 9.59 Å². The molecular weight excluding hydrogens is 156 g/mol. The molecule has 0 radical (unpaired) electrons. The lowest BCUT2D eigenvalue weighted by molar-refractivity contribution is -0.144. The Labute approximate surface area is 72.2 Å². The molecule has 1 N–H and O–H groups in total. The summed E-state index contributed by atoms with van der Waals surface area (Å²) in [6.45, 7) is 2.24. The molecule has 0 unspecified atom stereocenters. The third-order valence-corrected chi connectivity index (χ3v) is 1.22. The molecule has 4 heteroatoms. The van der Waals surface area contributed by atoms with Crippen LogP contribution in [0.2, 0.25) is 0 Å². The Morgan fingerprint density at radius 3 is 2.42 bits per heavy atom. The van der Waals surface area contributed by atoms with Crippen molar-refractivity contribution in [3.8, 4) is 0 Å². The second-order valence-corrected chi connectivity index (χ2v) is 2.48. The normalized spacial score (nSPS) is 9.92. The molecule has 4 nitrogen and oxygen atoms in total. The molecule has 0 aliphatic rings. The van der Waals surface area contributed by atoms with E-state index in [0.717, 1.165) is 0 Å². The van der Waals surface area contributed by atoms with Crippen LogP contribution in [0.3, 0.4) is 0 Å². The van der Waals surface area contributed by atoms with Gasteiger partial charge in [0.2, 0.25) is 0 Å². The molecule has 0 saturated heterocycles. The first-order chi connectivity index (χ1) is 5.59. The molecule has 0 aliphatic carbocycles. The molecule has 0 saturated carbocycles. The molecule has 0 atom stereocenters. The molecule has 0 aliphatic heterocycles. The van der Waals surface area contributed by atoms with Crippen LogP contribution < -0.4 is 5.32 Å². The van der Waals surface area contributed by atoms with Crippen molar-refractivity contribution >= 4 is 11.8 Å². The van der Waals surface area contributed by atoms with E-state index in [4.69, 9.17) is 0 Å². The van der Waals surface area contributed by atoms with Crippen molar-refractivity contribution < 1.29 is 9.59 Å². The molecule has 0 bridgehead atoms. The first-order valence-electron chi connectivity index (χ1n) is 3.70. The quantitative estimate of drug-likeness (QED) is 0.459. The third kappa shape index (κ3) is 3.75. The number of allylic oxidation sites excluding steroid dienone is 1. The van der Waals surface area contributed by atoms with E-state index in [1.54, 1.807) is 12.2 Å². The first-order valence-corrected chi connectivity index (χ1v) is 3.70. The highest BCUT2D eigenvalue weighted by Gasteiger charge is 2.13. The predicted molar refractivity (Wildman–Crippen MR) is 46.5 cm³/mol. The summed E-state index contributed by atoms with van der Waals surface area (Å²) in [5.74, 6) is -1.10. The zero-order valence-electron chi connectivity index (χ0n) is 7.63. The van der Waals surface area contributed by atoms with Gasteiger partial charge in [-0.25, -0.2) is 0 Å². The predicted octanol–water partition coefficient (Wildman–Crippen LogP) is -0.233. The van der Waals surface area contributed by atoms with Crippen LogP contribution in [0.5, 0.6) is 0 Å². The SMILES string of the molecule is C/C=C/CNC(=O)C(=O)N(C)C.